The Morgan fingerprint density at radius 1 is 1.22 bits per heavy atom. The molecule has 1 aliphatic heterocycles. The molecule has 2 fully saturated rings. The van der Waals surface area contributed by atoms with E-state index in [-0.39, 0.29) is 11.9 Å². The van der Waals surface area contributed by atoms with E-state index >= 15 is 0 Å². The average Bonchev–Trinajstić information content (AvgIpc) is 3.26. The van der Waals surface area contributed by atoms with E-state index < -0.39 is 0 Å². The summed E-state index contributed by atoms with van der Waals surface area (Å²) >= 11 is 0. The second-order valence-corrected chi connectivity index (χ2v) is 6.79. The molecule has 1 amide bonds. The number of carbonyl (C=O) groups is 1. The quantitative estimate of drug-likeness (QED) is 0.939. The lowest BCUT2D eigenvalue weighted by Gasteiger charge is -2.17. The topological polar surface area (TPSA) is 64.2 Å². The molecule has 120 valence electrons. The molecular formula is C18H22N4O. The fourth-order valence-electron chi connectivity index (χ4n) is 3.99. The van der Waals surface area contributed by atoms with Gasteiger partial charge in [0, 0.05) is 25.3 Å². The highest BCUT2D eigenvalue weighted by Crippen LogP contribution is 2.37. The van der Waals surface area contributed by atoms with Crippen molar-refractivity contribution >= 4 is 5.91 Å². The fourth-order valence-corrected chi connectivity index (χ4v) is 3.99. The SMILES string of the molecule is NC1CCC2CN(C(=O)c3cnn(Cc4ccccc4)c3)CC12. The van der Waals surface area contributed by atoms with Gasteiger partial charge in [0.25, 0.3) is 5.91 Å². The average molecular weight is 310 g/mol. The Balaban J connectivity index is 1.44. The number of hydrogen-bond donors (Lipinski definition) is 1. The van der Waals surface area contributed by atoms with Crippen LogP contribution in [0.15, 0.2) is 42.7 Å². The van der Waals surface area contributed by atoms with Gasteiger partial charge < -0.3 is 10.6 Å². The zero-order chi connectivity index (χ0) is 15.8. The van der Waals surface area contributed by atoms with Gasteiger partial charge >= 0.3 is 0 Å². The van der Waals surface area contributed by atoms with Crippen molar-refractivity contribution in [1.82, 2.24) is 14.7 Å². The van der Waals surface area contributed by atoms with E-state index in [1.807, 2.05) is 34.0 Å². The van der Waals surface area contributed by atoms with Gasteiger partial charge in [-0.15, -0.1) is 0 Å². The van der Waals surface area contributed by atoms with Crippen LogP contribution < -0.4 is 5.73 Å². The zero-order valence-corrected chi connectivity index (χ0v) is 13.1. The maximum absolute atomic E-state index is 12.7. The van der Waals surface area contributed by atoms with Crippen molar-refractivity contribution < 1.29 is 4.79 Å². The second kappa shape index (κ2) is 5.81. The first kappa shape index (κ1) is 14.5. The Bertz CT molecular complexity index is 696. The van der Waals surface area contributed by atoms with E-state index in [1.165, 1.54) is 5.56 Å². The van der Waals surface area contributed by atoms with Crippen molar-refractivity contribution in [1.29, 1.82) is 0 Å². The van der Waals surface area contributed by atoms with E-state index in [0.29, 0.717) is 23.9 Å². The fraction of sp³-hybridized carbons (Fsp3) is 0.444. The molecule has 3 atom stereocenters. The summed E-state index contributed by atoms with van der Waals surface area (Å²) in [5.74, 6) is 1.16. The van der Waals surface area contributed by atoms with Crippen LogP contribution in [0, 0.1) is 11.8 Å². The van der Waals surface area contributed by atoms with Gasteiger partial charge in [0.15, 0.2) is 0 Å². The summed E-state index contributed by atoms with van der Waals surface area (Å²) in [5.41, 5.74) is 8.01. The Morgan fingerprint density at radius 3 is 2.83 bits per heavy atom. The zero-order valence-electron chi connectivity index (χ0n) is 13.1. The highest BCUT2D eigenvalue weighted by Gasteiger charge is 2.42. The van der Waals surface area contributed by atoms with E-state index in [1.54, 1.807) is 6.20 Å². The van der Waals surface area contributed by atoms with Gasteiger partial charge in [-0.25, -0.2) is 0 Å². The van der Waals surface area contributed by atoms with E-state index in [2.05, 4.69) is 17.2 Å². The molecule has 4 rings (SSSR count). The maximum atomic E-state index is 12.7. The van der Waals surface area contributed by atoms with Gasteiger partial charge in [-0.05, 0) is 30.2 Å². The summed E-state index contributed by atoms with van der Waals surface area (Å²) in [6, 6.07) is 10.4. The number of carbonyl (C=O) groups excluding carboxylic acids is 1. The second-order valence-electron chi connectivity index (χ2n) is 6.79. The molecule has 23 heavy (non-hydrogen) atoms. The molecule has 0 radical (unpaired) electrons. The van der Waals surface area contributed by atoms with Gasteiger partial charge in [-0.2, -0.15) is 5.10 Å². The molecule has 0 bridgehead atoms. The van der Waals surface area contributed by atoms with Crippen molar-refractivity contribution in [2.45, 2.75) is 25.4 Å². The number of nitrogens with zero attached hydrogens (tertiary/aromatic N) is 3. The number of aromatic nitrogens is 2. The molecule has 0 spiro atoms. The molecule has 2 aromatic rings. The summed E-state index contributed by atoms with van der Waals surface area (Å²) < 4.78 is 1.82. The number of nitrogens with two attached hydrogens (primary N) is 1. The van der Waals surface area contributed by atoms with E-state index in [4.69, 9.17) is 5.73 Å². The number of rotatable bonds is 3. The van der Waals surface area contributed by atoms with Crippen molar-refractivity contribution in [2.75, 3.05) is 13.1 Å². The van der Waals surface area contributed by atoms with Gasteiger partial charge in [0.05, 0.1) is 18.3 Å². The molecule has 1 saturated heterocycles. The van der Waals surface area contributed by atoms with Crippen LogP contribution >= 0.6 is 0 Å². The standard InChI is InChI=1S/C18H22N4O/c19-17-7-6-14-10-21(12-16(14)17)18(23)15-8-20-22(11-15)9-13-4-2-1-3-5-13/h1-5,8,11,14,16-17H,6-7,9-10,12,19H2. The molecule has 2 N–H and O–H groups in total. The maximum Gasteiger partial charge on any atom is 0.257 e. The first-order chi connectivity index (χ1) is 11.2. The number of benzene rings is 1. The van der Waals surface area contributed by atoms with Crippen molar-refractivity contribution in [3.63, 3.8) is 0 Å². The van der Waals surface area contributed by atoms with Gasteiger partial charge in [-0.1, -0.05) is 30.3 Å². The monoisotopic (exact) mass is 310 g/mol. The molecule has 3 unspecified atom stereocenters. The third-order valence-electron chi connectivity index (χ3n) is 5.27. The smallest absolute Gasteiger partial charge is 0.257 e. The van der Waals surface area contributed by atoms with Crippen LogP contribution in [0.5, 0.6) is 0 Å². The first-order valence-corrected chi connectivity index (χ1v) is 8.32. The lowest BCUT2D eigenvalue weighted by atomic mass is 9.98. The number of likely N-dealkylation sites (tertiary alicyclic amines) is 1. The van der Waals surface area contributed by atoms with Gasteiger partial charge in [0.2, 0.25) is 0 Å². The van der Waals surface area contributed by atoms with Crippen molar-refractivity contribution in [2.24, 2.45) is 17.6 Å². The first-order valence-electron chi connectivity index (χ1n) is 8.32. The van der Waals surface area contributed by atoms with Crippen molar-refractivity contribution in [3.05, 3.63) is 53.9 Å². The molecule has 1 aliphatic carbocycles. The third kappa shape index (κ3) is 2.77. The lowest BCUT2D eigenvalue weighted by molar-refractivity contribution is 0.0779. The van der Waals surface area contributed by atoms with Crippen LogP contribution in [0.4, 0.5) is 0 Å². The minimum absolute atomic E-state index is 0.0888. The minimum Gasteiger partial charge on any atom is -0.338 e. The Kier molecular flexibility index (Phi) is 3.65. The van der Waals surface area contributed by atoms with Crippen LogP contribution in [0.3, 0.4) is 0 Å². The summed E-state index contributed by atoms with van der Waals surface area (Å²) in [6.07, 6.45) is 5.79. The molecule has 5 nitrogen and oxygen atoms in total. The predicted octanol–water partition coefficient (Wildman–Crippen LogP) is 1.74. The molecule has 1 aromatic carbocycles. The number of hydrogen-bond acceptors (Lipinski definition) is 3. The summed E-state index contributed by atoms with van der Waals surface area (Å²) in [4.78, 5) is 14.6. The number of amides is 1. The highest BCUT2D eigenvalue weighted by atomic mass is 16.2. The Hall–Kier alpha value is -2.14. The van der Waals surface area contributed by atoms with E-state index in [9.17, 15) is 4.79 Å². The number of fused-ring (bicyclic) bond motifs is 1. The minimum atomic E-state index is 0.0888. The molecular weight excluding hydrogens is 288 g/mol. The predicted molar refractivity (Wildman–Crippen MR) is 87.9 cm³/mol. The molecule has 1 aromatic heterocycles. The summed E-state index contributed by atoms with van der Waals surface area (Å²) in [7, 11) is 0. The summed E-state index contributed by atoms with van der Waals surface area (Å²) in [5, 5.41) is 4.34. The molecule has 2 aliphatic rings. The van der Waals surface area contributed by atoms with Crippen LogP contribution in [0.1, 0.15) is 28.8 Å². The lowest BCUT2D eigenvalue weighted by Crippen LogP contribution is -2.33. The normalized spacial score (nSPS) is 26.5. The highest BCUT2D eigenvalue weighted by molar-refractivity contribution is 5.94. The van der Waals surface area contributed by atoms with Crippen molar-refractivity contribution in [3.8, 4) is 0 Å². The molecule has 2 heterocycles. The van der Waals surface area contributed by atoms with Gasteiger partial charge in [-0.3, -0.25) is 9.48 Å². The van der Waals surface area contributed by atoms with Crippen LogP contribution in [0.2, 0.25) is 0 Å². The molecule has 5 heteroatoms. The molecule has 1 saturated carbocycles. The van der Waals surface area contributed by atoms with Crippen LogP contribution in [0.25, 0.3) is 0 Å². The third-order valence-corrected chi connectivity index (χ3v) is 5.27. The summed E-state index contributed by atoms with van der Waals surface area (Å²) in [6.45, 7) is 2.33. The van der Waals surface area contributed by atoms with Gasteiger partial charge in [0.1, 0.15) is 0 Å². The Labute approximate surface area is 136 Å². The largest absolute Gasteiger partial charge is 0.338 e. The van der Waals surface area contributed by atoms with Crippen LogP contribution in [-0.4, -0.2) is 39.7 Å². The van der Waals surface area contributed by atoms with Crippen LogP contribution in [-0.2, 0) is 6.54 Å². The van der Waals surface area contributed by atoms with E-state index in [0.717, 1.165) is 25.9 Å². The Morgan fingerprint density at radius 2 is 2.04 bits per heavy atom.